The SMILES string of the molecule is COC(=O)C1=Cc2cc(OC3CCCCC3)ccc2CCC1. The molecule has 1 fully saturated rings. The Hall–Kier alpha value is -1.77. The van der Waals surface area contributed by atoms with Gasteiger partial charge in [0.15, 0.2) is 0 Å². The number of methoxy groups -OCH3 is 1. The number of aryl methyl sites for hydroxylation is 1. The summed E-state index contributed by atoms with van der Waals surface area (Å²) in [5.41, 5.74) is 3.15. The molecule has 1 aromatic carbocycles. The molecule has 0 amide bonds. The number of fused-ring (bicyclic) bond motifs is 1. The number of hydrogen-bond acceptors (Lipinski definition) is 3. The van der Waals surface area contributed by atoms with Crippen molar-refractivity contribution in [2.75, 3.05) is 7.11 Å². The minimum Gasteiger partial charge on any atom is -0.490 e. The number of carbonyl (C=O) groups is 1. The molecule has 2 aliphatic carbocycles. The third kappa shape index (κ3) is 3.52. The van der Waals surface area contributed by atoms with Crippen molar-refractivity contribution in [2.24, 2.45) is 0 Å². The smallest absolute Gasteiger partial charge is 0.333 e. The topological polar surface area (TPSA) is 35.5 Å². The van der Waals surface area contributed by atoms with E-state index in [-0.39, 0.29) is 5.97 Å². The summed E-state index contributed by atoms with van der Waals surface area (Å²) in [4.78, 5) is 11.8. The van der Waals surface area contributed by atoms with E-state index < -0.39 is 0 Å². The molecule has 0 heterocycles. The zero-order valence-corrected chi connectivity index (χ0v) is 13.3. The summed E-state index contributed by atoms with van der Waals surface area (Å²) in [5.74, 6) is 0.708. The number of hydrogen-bond donors (Lipinski definition) is 0. The minimum atomic E-state index is -0.216. The largest absolute Gasteiger partial charge is 0.490 e. The lowest BCUT2D eigenvalue weighted by Crippen LogP contribution is -2.19. The van der Waals surface area contributed by atoms with Crippen molar-refractivity contribution in [3.63, 3.8) is 0 Å². The van der Waals surface area contributed by atoms with E-state index in [2.05, 4.69) is 18.2 Å². The molecule has 2 aliphatic rings. The van der Waals surface area contributed by atoms with Crippen LogP contribution in [-0.2, 0) is 16.0 Å². The van der Waals surface area contributed by atoms with Crippen LogP contribution in [-0.4, -0.2) is 19.2 Å². The first-order valence-corrected chi connectivity index (χ1v) is 8.35. The minimum absolute atomic E-state index is 0.216. The zero-order valence-electron chi connectivity index (χ0n) is 13.3. The van der Waals surface area contributed by atoms with E-state index >= 15 is 0 Å². The summed E-state index contributed by atoms with van der Waals surface area (Å²) in [6.45, 7) is 0. The number of carbonyl (C=O) groups excluding carboxylic acids is 1. The fourth-order valence-electron chi connectivity index (χ4n) is 3.41. The second-order valence-electron chi connectivity index (χ2n) is 6.25. The van der Waals surface area contributed by atoms with Crippen molar-refractivity contribution in [1.82, 2.24) is 0 Å². The Kier molecular flexibility index (Phi) is 4.81. The molecule has 0 bridgehead atoms. The lowest BCUT2D eigenvalue weighted by atomic mass is 9.97. The van der Waals surface area contributed by atoms with Crippen LogP contribution < -0.4 is 4.74 Å². The molecule has 0 unspecified atom stereocenters. The first-order valence-electron chi connectivity index (χ1n) is 8.35. The molecule has 0 saturated heterocycles. The molecular weight excluding hydrogens is 276 g/mol. The van der Waals surface area contributed by atoms with Crippen molar-refractivity contribution in [3.05, 3.63) is 34.9 Å². The maximum absolute atomic E-state index is 11.8. The molecular formula is C19H24O3. The third-order valence-corrected chi connectivity index (χ3v) is 4.64. The molecule has 1 aromatic rings. The third-order valence-electron chi connectivity index (χ3n) is 4.64. The molecule has 1 saturated carbocycles. The fourth-order valence-corrected chi connectivity index (χ4v) is 3.41. The predicted octanol–water partition coefficient (Wildman–Crippen LogP) is 4.29. The highest BCUT2D eigenvalue weighted by Crippen LogP contribution is 2.29. The van der Waals surface area contributed by atoms with Gasteiger partial charge in [-0.3, -0.25) is 0 Å². The van der Waals surface area contributed by atoms with Gasteiger partial charge >= 0.3 is 5.97 Å². The highest BCUT2D eigenvalue weighted by Gasteiger charge is 2.18. The van der Waals surface area contributed by atoms with Gasteiger partial charge in [0.05, 0.1) is 13.2 Å². The average Bonchev–Trinajstić information content (AvgIpc) is 2.77. The summed E-state index contributed by atoms with van der Waals surface area (Å²) in [6.07, 6.45) is 11.2. The highest BCUT2D eigenvalue weighted by molar-refractivity contribution is 5.94. The summed E-state index contributed by atoms with van der Waals surface area (Å²) >= 11 is 0. The van der Waals surface area contributed by atoms with Gasteiger partial charge in [0.2, 0.25) is 0 Å². The Balaban J connectivity index is 1.81. The van der Waals surface area contributed by atoms with Crippen LogP contribution in [0.1, 0.15) is 56.1 Å². The number of ether oxygens (including phenoxy) is 2. The summed E-state index contributed by atoms with van der Waals surface area (Å²) in [6, 6.07) is 6.30. The normalized spacial score (nSPS) is 18.9. The van der Waals surface area contributed by atoms with Crippen LogP contribution >= 0.6 is 0 Å². The summed E-state index contributed by atoms with van der Waals surface area (Å²) < 4.78 is 11.0. The number of rotatable bonds is 3. The van der Waals surface area contributed by atoms with E-state index in [9.17, 15) is 4.79 Å². The average molecular weight is 300 g/mol. The van der Waals surface area contributed by atoms with E-state index in [4.69, 9.17) is 9.47 Å². The Bertz CT molecular complexity index is 568. The van der Waals surface area contributed by atoms with Crippen LogP contribution in [0.5, 0.6) is 5.75 Å². The van der Waals surface area contributed by atoms with Crippen molar-refractivity contribution < 1.29 is 14.3 Å². The van der Waals surface area contributed by atoms with Gasteiger partial charge in [0.1, 0.15) is 5.75 Å². The molecule has 3 nitrogen and oxygen atoms in total. The van der Waals surface area contributed by atoms with Crippen LogP contribution in [0.15, 0.2) is 23.8 Å². The van der Waals surface area contributed by atoms with Crippen LogP contribution in [0.2, 0.25) is 0 Å². The maximum Gasteiger partial charge on any atom is 0.333 e. The Morgan fingerprint density at radius 3 is 2.68 bits per heavy atom. The lowest BCUT2D eigenvalue weighted by molar-refractivity contribution is -0.136. The lowest BCUT2D eigenvalue weighted by Gasteiger charge is -2.23. The van der Waals surface area contributed by atoms with Crippen molar-refractivity contribution in [2.45, 2.75) is 57.5 Å². The molecule has 3 heteroatoms. The molecule has 0 aliphatic heterocycles. The molecule has 3 rings (SSSR count). The Labute approximate surface area is 132 Å². The monoisotopic (exact) mass is 300 g/mol. The van der Waals surface area contributed by atoms with Gasteiger partial charge in [0, 0.05) is 5.57 Å². The van der Waals surface area contributed by atoms with Gasteiger partial charge in [0.25, 0.3) is 0 Å². The second-order valence-corrected chi connectivity index (χ2v) is 6.25. The van der Waals surface area contributed by atoms with E-state index in [1.165, 1.54) is 31.9 Å². The van der Waals surface area contributed by atoms with E-state index in [1.807, 2.05) is 6.08 Å². The maximum atomic E-state index is 11.8. The van der Waals surface area contributed by atoms with Crippen molar-refractivity contribution in [1.29, 1.82) is 0 Å². The summed E-state index contributed by atoms with van der Waals surface area (Å²) in [5, 5.41) is 0. The summed E-state index contributed by atoms with van der Waals surface area (Å²) in [7, 11) is 1.44. The van der Waals surface area contributed by atoms with Crippen LogP contribution in [0.4, 0.5) is 0 Å². The standard InChI is InChI=1S/C19H24O3/c1-21-19(20)15-7-5-6-14-10-11-18(13-16(14)12-15)22-17-8-3-2-4-9-17/h10-13,17H,2-9H2,1H3. The van der Waals surface area contributed by atoms with Gasteiger partial charge < -0.3 is 9.47 Å². The molecule has 22 heavy (non-hydrogen) atoms. The second kappa shape index (κ2) is 6.99. The molecule has 0 atom stereocenters. The van der Waals surface area contributed by atoms with Gasteiger partial charge in [-0.2, -0.15) is 0 Å². The number of benzene rings is 1. The van der Waals surface area contributed by atoms with Crippen LogP contribution in [0.3, 0.4) is 0 Å². The van der Waals surface area contributed by atoms with E-state index in [0.29, 0.717) is 6.10 Å². The first kappa shape index (κ1) is 15.1. The molecule has 0 aromatic heterocycles. The Morgan fingerprint density at radius 2 is 1.91 bits per heavy atom. The first-order chi connectivity index (χ1) is 10.8. The van der Waals surface area contributed by atoms with Crippen molar-refractivity contribution >= 4 is 12.0 Å². The van der Waals surface area contributed by atoms with Crippen molar-refractivity contribution in [3.8, 4) is 5.75 Å². The van der Waals surface area contributed by atoms with E-state index in [0.717, 1.165) is 49.0 Å². The molecule has 0 N–H and O–H groups in total. The highest BCUT2D eigenvalue weighted by atomic mass is 16.5. The number of esters is 1. The quantitative estimate of drug-likeness (QED) is 0.781. The molecule has 0 radical (unpaired) electrons. The molecule has 0 spiro atoms. The zero-order chi connectivity index (χ0) is 15.4. The fraction of sp³-hybridized carbons (Fsp3) is 0.526. The van der Waals surface area contributed by atoms with Gasteiger partial charge in [-0.25, -0.2) is 4.79 Å². The predicted molar refractivity (Wildman–Crippen MR) is 86.9 cm³/mol. The van der Waals surface area contributed by atoms with Gasteiger partial charge in [-0.1, -0.05) is 12.5 Å². The van der Waals surface area contributed by atoms with Gasteiger partial charge in [-0.15, -0.1) is 0 Å². The Morgan fingerprint density at radius 1 is 1.09 bits per heavy atom. The molecule has 118 valence electrons. The van der Waals surface area contributed by atoms with Crippen LogP contribution in [0.25, 0.3) is 6.08 Å². The van der Waals surface area contributed by atoms with E-state index in [1.54, 1.807) is 0 Å². The van der Waals surface area contributed by atoms with Gasteiger partial charge in [-0.05, 0) is 74.3 Å². The van der Waals surface area contributed by atoms with Crippen LogP contribution in [0, 0.1) is 0 Å².